The van der Waals surface area contributed by atoms with Crippen LogP contribution in [0.4, 0.5) is 5.69 Å². The molecule has 1 N–H and O–H groups in total. The summed E-state index contributed by atoms with van der Waals surface area (Å²) in [7, 11) is 0. The SMILES string of the molecule is CCOc1cccc(C=Nc2ccccc2C(=O)c2ccc(Cl)cc2)c1O. The van der Waals surface area contributed by atoms with E-state index in [0.29, 0.717) is 39.8 Å². The van der Waals surface area contributed by atoms with E-state index in [9.17, 15) is 9.90 Å². The summed E-state index contributed by atoms with van der Waals surface area (Å²) in [5.41, 5.74) is 2.02. The van der Waals surface area contributed by atoms with E-state index in [-0.39, 0.29) is 11.5 Å². The summed E-state index contributed by atoms with van der Waals surface area (Å²) in [6.07, 6.45) is 1.52. The van der Waals surface area contributed by atoms with Crippen molar-refractivity contribution in [2.45, 2.75) is 6.92 Å². The van der Waals surface area contributed by atoms with E-state index < -0.39 is 0 Å². The molecule has 0 saturated heterocycles. The fourth-order valence-electron chi connectivity index (χ4n) is 2.59. The number of phenols is 1. The van der Waals surface area contributed by atoms with E-state index in [1.165, 1.54) is 6.21 Å². The van der Waals surface area contributed by atoms with Gasteiger partial charge in [0.25, 0.3) is 0 Å². The predicted molar refractivity (Wildman–Crippen MR) is 108 cm³/mol. The number of aliphatic imine (C=N–C) groups is 1. The summed E-state index contributed by atoms with van der Waals surface area (Å²) < 4.78 is 5.38. The Morgan fingerprint density at radius 2 is 1.81 bits per heavy atom. The highest BCUT2D eigenvalue weighted by Crippen LogP contribution is 2.29. The van der Waals surface area contributed by atoms with E-state index in [1.54, 1.807) is 60.7 Å². The van der Waals surface area contributed by atoms with Gasteiger partial charge in [0.15, 0.2) is 17.3 Å². The molecule has 0 aliphatic carbocycles. The summed E-state index contributed by atoms with van der Waals surface area (Å²) in [5.74, 6) is 0.267. The van der Waals surface area contributed by atoms with E-state index in [4.69, 9.17) is 16.3 Å². The van der Waals surface area contributed by atoms with E-state index in [2.05, 4.69) is 4.99 Å². The summed E-state index contributed by atoms with van der Waals surface area (Å²) in [6.45, 7) is 2.30. The minimum Gasteiger partial charge on any atom is -0.504 e. The molecular formula is C22H18ClNO3. The third-order valence-electron chi connectivity index (χ3n) is 3.93. The molecule has 0 heterocycles. The standard InChI is InChI=1S/C22H18ClNO3/c1-2-27-20-9-5-6-16(22(20)26)14-24-19-8-4-3-7-18(19)21(25)15-10-12-17(23)13-11-15/h3-14,26H,2H2,1H3. The van der Waals surface area contributed by atoms with Crippen molar-refractivity contribution in [3.05, 3.63) is 88.4 Å². The minimum atomic E-state index is -0.147. The second-order valence-corrected chi connectivity index (χ2v) is 6.17. The first-order valence-electron chi connectivity index (χ1n) is 8.48. The Hall–Kier alpha value is -3.11. The smallest absolute Gasteiger partial charge is 0.195 e. The fraction of sp³-hybridized carbons (Fsp3) is 0.0909. The zero-order valence-corrected chi connectivity index (χ0v) is 15.5. The molecule has 0 saturated carbocycles. The minimum absolute atomic E-state index is 0.0182. The lowest BCUT2D eigenvalue weighted by Gasteiger charge is -2.08. The summed E-state index contributed by atoms with van der Waals surface area (Å²) in [6, 6.07) is 19.0. The number of nitrogens with zero attached hydrogens (tertiary/aromatic N) is 1. The van der Waals surface area contributed by atoms with Crippen LogP contribution in [0.2, 0.25) is 5.02 Å². The quantitative estimate of drug-likeness (QED) is 0.459. The number of ether oxygens (including phenoxy) is 1. The number of hydrogen-bond donors (Lipinski definition) is 1. The molecule has 0 spiro atoms. The second-order valence-electron chi connectivity index (χ2n) is 5.74. The first-order valence-corrected chi connectivity index (χ1v) is 8.86. The molecule has 136 valence electrons. The lowest BCUT2D eigenvalue weighted by Crippen LogP contribution is -2.01. The highest BCUT2D eigenvalue weighted by atomic mass is 35.5. The summed E-state index contributed by atoms with van der Waals surface area (Å²) >= 11 is 5.89. The van der Waals surface area contributed by atoms with Crippen molar-refractivity contribution in [1.82, 2.24) is 0 Å². The van der Waals surface area contributed by atoms with Crippen LogP contribution < -0.4 is 4.74 Å². The summed E-state index contributed by atoms with van der Waals surface area (Å²) in [5, 5.41) is 10.9. The Morgan fingerprint density at radius 3 is 2.56 bits per heavy atom. The Balaban J connectivity index is 1.93. The molecule has 3 aromatic carbocycles. The van der Waals surface area contributed by atoms with Gasteiger partial charge in [-0.1, -0.05) is 29.8 Å². The zero-order chi connectivity index (χ0) is 19.2. The number of rotatable bonds is 6. The van der Waals surface area contributed by atoms with Crippen LogP contribution in [0.15, 0.2) is 71.7 Å². The number of carbonyl (C=O) groups is 1. The van der Waals surface area contributed by atoms with E-state index in [1.807, 2.05) is 13.0 Å². The number of phenolic OH excluding ortho intramolecular Hbond substituents is 1. The molecule has 0 radical (unpaired) electrons. The molecule has 27 heavy (non-hydrogen) atoms. The maximum absolute atomic E-state index is 12.8. The van der Waals surface area contributed by atoms with Gasteiger partial charge in [0.2, 0.25) is 0 Å². The zero-order valence-electron chi connectivity index (χ0n) is 14.7. The van der Waals surface area contributed by atoms with Crippen molar-refractivity contribution in [3.8, 4) is 11.5 Å². The molecule has 0 fully saturated rings. The highest BCUT2D eigenvalue weighted by Gasteiger charge is 2.13. The number of halogens is 1. The van der Waals surface area contributed by atoms with Gasteiger partial charge >= 0.3 is 0 Å². The molecule has 3 aromatic rings. The number of carbonyl (C=O) groups excluding carboxylic acids is 1. The average Bonchev–Trinajstić information content (AvgIpc) is 2.69. The number of aromatic hydroxyl groups is 1. The molecule has 0 bridgehead atoms. The third kappa shape index (κ3) is 4.36. The van der Waals surface area contributed by atoms with Gasteiger partial charge in [-0.2, -0.15) is 0 Å². The van der Waals surface area contributed by atoms with Gasteiger partial charge in [0, 0.05) is 27.9 Å². The van der Waals surface area contributed by atoms with Gasteiger partial charge in [-0.05, 0) is 55.5 Å². The normalized spacial score (nSPS) is 10.9. The van der Waals surface area contributed by atoms with Crippen LogP contribution in [0.5, 0.6) is 11.5 Å². The van der Waals surface area contributed by atoms with Crippen molar-refractivity contribution in [2.24, 2.45) is 4.99 Å². The first-order chi connectivity index (χ1) is 13.1. The van der Waals surface area contributed by atoms with E-state index >= 15 is 0 Å². The highest BCUT2D eigenvalue weighted by molar-refractivity contribution is 6.30. The summed E-state index contributed by atoms with van der Waals surface area (Å²) in [4.78, 5) is 17.2. The van der Waals surface area contributed by atoms with Crippen molar-refractivity contribution in [2.75, 3.05) is 6.61 Å². The average molecular weight is 380 g/mol. The van der Waals surface area contributed by atoms with Crippen LogP contribution in [-0.4, -0.2) is 23.7 Å². The van der Waals surface area contributed by atoms with Crippen molar-refractivity contribution < 1.29 is 14.6 Å². The lowest BCUT2D eigenvalue weighted by atomic mass is 10.0. The molecule has 0 aromatic heterocycles. The topological polar surface area (TPSA) is 58.9 Å². The largest absolute Gasteiger partial charge is 0.504 e. The van der Waals surface area contributed by atoms with Gasteiger partial charge in [-0.3, -0.25) is 9.79 Å². The van der Waals surface area contributed by atoms with Crippen LogP contribution in [0.3, 0.4) is 0 Å². The molecule has 4 nitrogen and oxygen atoms in total. The van der Waals surface area contributed by atoms with Crippen LogP contribution in [-0.2, 0) is 0 Å². The Bertz CT molecular complexity index is 981. The molecule has 0 amide bonds. The van der Waals surface area contributed by atoms with Gasteiger partial charge in [0.1, 0.15) is 0 Å². The van der Waals surface area contributed by atoms with Crippen LogP contribution in [0.1, 0.15) is 28.4 Å². The van der Waals surface area contributed by atoms with Crippen LogP contribution in [0.25, 0.3) is 0 Å². The fourth-order valence-corrected chi connectivity index (χ4v) is 2.72. The number of benzene rings is 3. The van der Waals surface area contributed by atoms with Crippen molar-refractivity contribution in [1.29, 1.82) is 0 Å². The molecule has 0 aliphatic rings. The predicted octanol–water partition coefficient (Wildman–Crippen LogP) is 5.43. The lowest BCUT2D eigenvalue weighted by molar-refractivity contribution is 0.103. The first kappa shape index (κ1) is 18.7. The molecule has 0 unspecified atom stereocenters. The Kier molecular flexibility index (Phi) is 5.89. The van der Waals surface area contributed by atoms with Crippen LogP contribution in [0, 0.1) is 0 Å². The van der Waals surface area contributed by atoms with Crippen LogP contribution >= 0.6 is 11.6 Å². The van der Waals surface area contributed by atoms with Crippen molar-refractivity contribution >= 4 is 29.3 Å². The van der Waals surface area contributed by atoms with Gasteiger partial charge in [-0.15, -0.1) is 0 Å². The Labute approximate surface area is 162 Å². The molecule has 0 atom stereocenters. The van der Waals surface area contributed by atoms with Gasteiger partial charge in [-0.25, -0.2) is 0 Å². The maximum Gasteiger partial charge on any atom is 0.195 e. The van der Waals surface area contributed by atoms with Gasteiger partial charge < -0.3 is 9.84 Å². The number of para-hydroxylation sites is 2. The molecule has 3 rings (SSSR count). The molecule has 5 heteroatoms. The van der Waals surface area contributed by atoms with Gasteiger partial charge in [0.05, 0.1) is 12.3 Å². The molecular weight excluding hydrogens is 362 g/mol. The number of hydrogen-bond acceptors (Lipinski definition) is 4. The number of ketones is 1. The molecule has 0 aliphatic heterocycles. The maximum atomic E-state index is 12.8. The Morgan fingerprint density at radius 1 is 1.07 bits per heavy atom. The monoisotopic (exact) mass is 379 g/mol. The van der Waals surface area contributed by atoms with Crippen molar-refractivity contribution in [3.63, 3.8) is 0 Å². The van der Waals surface area contributed by atoms with E-state index in [0.717, 1.165) is 0 Å². The third-order valence-corrected chi connectivity index (χ3v) is 4.18. The second kappa shape index (κ2) is 8.52.